The summed E-state index contributed by atoms with van der Waals surface area (Å²) in [7, 11) is -4.79. The molecule has 2 N–H and O–H groups in total. The van der Waals surface area contributed by atoms with E-state index in [-0.39, 0.29) is 0 Å². The number of nitrogens with zero attached hydrogens (tertiary/aromatic N) is 1. The van der Waals surface area contributed by atoms with Crippen molar-refractivity contribution < 1.29 is 60.9 Å². The second-order valence-electron chi connectivity index (χ2n) is 9.47. The number of phosphoric acid groups is 1. The van der Waals surface area contributed by atoms with Crippen LogP contribution in [0.2, 0.25) is 0 Å². The molecule has 2 rings (SSSR count). The Bertz CT molecular complexity index is 1150. The Kier molecular flexibility index (Phi) is 11.4. The molecule has 0 radical (unpaired) electrons. The molecule has 0 amide bonds. The molecule has 1 aliphatic heterocycles. The van der Waals surface area contributed by atoms with Crippen molar-refractivity contribution in [3.8, 4) is 0 Å². The summed E-state index contributed by atoms with van der Waals surface area (Å²) in [5, 5.41) is 11.1. The molecule has 1 aromatic heterocycles. The molecule has 0 aromatic carbocycles. The number of phosphoric ester groups is 1. The standard InChI is InChI=1S/C22H34FN2O14P/c1-13(2)37-19(28)32-11-35-40(31,36-12-33-20(29)38-14(3)4)34-10-22(9-23)15(5)21(6,30)17(39-22)25-8-7-16(26)24-18(25)27/h7-8,13-15,17,30H,9-12H2,1-6H3,(H,24,26,27)/t15-,17+,21+,22+/m0/s1. The molecule has 0 unspecified atom stereocenters. The van der Waals surface area contributed by atoms with Gasteiger partial charge >= 0.3 is 25.8 Å². The molecule has 40 heavy (non-hydrogen) atoms. The number of rotatable bonds is 13. The zero-order valence-electron chi connectivity index (χ0n) is 22.8. The molecule has 0 aliphatic carbocycles. The second kappa shape index (κ2) is 13.7. The molecule has 1 saturated heterocycles. The fourth-order valence-electron chi connectivity index (χ4n) is 3.52. The quantitative estimate of drug-likeness (QED) is 0.190. The molecule has 2 heterocycles. The van der Waals surface area contributed by atoms with Gasteiger partial charge in [-0.05, 0) is 34.6 Å². The van der Waals surface area contributed by atoms with Gasteiger partial charge in [0.05, 0.1) is 18.8 Å². The van der Waals surface area contributed by atoms with Gasteiger partial charge < -0.3 is 28.8 Å². The van der Waals surface area contributed by atoms with Gasteiger partial charge in [-0.2, -0.15) is 0 Å². The first kappa shape index (κ1) is 33.4. The van der Waals surface area contributed by atoms with E-state index in [1.165, 1.54) is 13.8 Å². The van der Waals surface area contributed by atoms with E-state index < -0.39 is 93.8 Å². The normalized spacial score (nSPS) is 24.8. The molecule has 1 aliphatic rings. The van der Waals surface area contributed by atoms with Crippen LogP contribution in [0.3, 0.4) is 0 Å². The Morgan fingerprint density at radius 1 is 1.10 bits per heavy atom. The van der Waals surface area contributed by atoms with E-state index in [0.717, 1.165) is 16.8 Å². The molecule has 0 saturated carbocycles. The van der Waals surface area contributed by atoms with Gasteiger partial charge in [0.2, 0.25) is 13.6 Å². The van der Waals surface area contributed by atoms with Gasteiger partial charge in [0, 0.05) is 18.2 Å². The van der Waals surface area contributed by atoms with E-state index in [1.807, 2.05) is 4.98 Å². The van der Waals surface area contributed by atoms with Crippen molar-refractivity contribution in [3.05, 3.63) is 33.1 Å². The number of nitrogens with one attached hydrogen (secondary N) is 1. The number of aromatic amines is 1. The third-order valence-electron chi connectivity index (χ3n) is 5.75. The third-order valence-corrected chi connectivity index (χ3v) is 7.04. The summed E-state index contributed by atoms with van der Waals surface area (Å²) in [6.45, 7) is 4.65. The Hall–Kier alpha value is -2.82. The van der Waals surface area contributed by atoms with Crippen molar-refractivity contribution >= 4 is 20.1 Å². The first-order chi connectivity index (χ1) is 18.5. The van der Waals surface area contributed by atoms with Crippen molar-refractivity contribution in [2.24, 2.45) is 5.92 Å². The average molecular weight is 600 g/mol. The number of hydrogen-bond donors (Lipinski definition) is 2. The van der Waals surface area contributed by atoms with Crippen LogP contribution in [0.1, 0.15) is 47.8 Å². The van der Waals surface area contributed by atoms with Crippen LogP contribution in [0.15, 0.2) is 21.9 Å². The lowest BCUT2D eigenvalue weighted by Gasteiger charge is -2.32. The number of carbonyl (C=O) groups is 2. The molecular weight excluding hydrogens is 566 g/mol. The zero-order valence-corrected chi connectivity index (χ0v) is 23.7. The Labute approximate surface area is 228 Å². The molecule has 228 valence electrons. The highest BCUT2D eigenvalue weighted by atomic mass is 31.2. The average Bonchev–Trinajstić information content (AvgIpc) is 3.03. The van der Waals surface area contributed by atoms with Crippen LogP contribution >= 0.6 is 7.82 Å². The summed E-state index contributed by atoms with van der Waals surface area (Å²) in [6.07, 6.45) is -3.86. The van der Waals surface area contributed by atoms with Crippen LogP contribution in [0.25, 0.3) is 0 Å². The maximum Gasteiger partial charge on any atom is 0.510 e. The van der Waals surface area contributed by atoms with E-state index in [2.05, 4.69) is 9.47 Å². The Balaban J connectivity index is 2.22. The molecular formula is C22H34FN2O14P. The second-order valence-corrected chi connectivity index (χ2v) is 11.1. The summed E-state index contributed by atoms with van der Waals surface area (Å²) < 4.78 is 68.3. The maximum atomic E-state index is 14.5. The van der Waals surface area contributed by atoms with Crippen LogP contribution in [0.5, 0.6) is 0 Å². The minimum atomic E-state index is -4.79. The smallest absolute Gasteiger partial charge is 0.432 e. The highest BCUT2D eigenvalue weighted by Crippen LogP contribution is 2.54. The van der Waals surface area contributed by atoms with Gasteiger partial charge in [-0.3, -0.25) is 18.9 Å². The zero-order chi connectivity index (χ0) is 30.3. The summed E-state index contributed by atoms with van der Waals surface area (Å²) in [4.78, 5) is 49.0. The van der Waals surface area contributed by atoms with Crippen LogP contribution in [-0.2, 0) is 41.8 Å². The predicted octanol–water partition coefficient (Wildman–Crippen LogP) is 2.36. The number of alkyl halides is 1. The fourth-order valence-corrected chi connectivity index (χ4v) is 4.48. The summed E-state index contributed by atoms with van der Waals surface area (Å²) in [5.74, 6) is -1.11. The number of carbonyl (C=O) groups excluding carboxylic acids is 2. The van der Waals surface area contributed by atoms with Crippen molar-refractivity contribution in [1.82, 2.24) is 9.55 Å². The largest absolute Gasteiger partial charge is 0.510 e. The van der Waals surface area contributed by atoms with Crippen molar-refractivity contribution in [1.29, 1.82) is 0 Å². The van der Waals surface area contributed by atoms with E-state index in [9.17, 15) is 33.2 Å². The minimum Gasteiger partial charge on any atom is -0.432 e. The van der Waals surface area contributed by atoms with Crippen LogP contribution < -0.4 is 11.2 Å². The number of H-pyrrole nitrogens is 1. The molecule has 18 heteroatoms. The van der Waals surface area contributed by atoms with Gasteiger partial charge in [-0.15, -0.1) is 0 Å². The molecule has 4 atom stereocenters. The minimum absolute atomic E-state index is 0.534. The van der Waals surface area contributed by atoms with Crippen LogP contribution in [-0.4, -0.2) is 77.2 Å². The summed E-state index contributed by atoms with van der Waals surface area (Å²) >= 11 is 0. The lowest BCUT2D eigenvalue weighted by atomic mass is 9.80. The number of aliphatic hydroxyl groups is 1. The van der Waals surface area contributed by atoms with Gasteiger partial charge in [-0.1, -0.05) is 6.92 Å². The van der Waals surface area contributed by atoms with Gasteiger partial charge in [0.15, 0.2) is 6.23 Å². The van der Waals surface area contributed by atoms with Crippen LogP contribution in [0, 0.1) is 5.92 Å². The first-order valence-corrected chi connectivity index (χ1v) is 13.5. The number of halogens is 1. The van der Waals surface area contributed by atoms with Crippen molar-refractivity contribution in [2.75, 3.05) is 26.9 Å². The first-order valence-electron chi connectivity index (χ1n) is 12.0. The highest BCUT2D eigenvalue weighted by Gasteiger charge is 2.61. The van der Waals surface area contributed by atoms with Gasteiger partial charge in [0.1, 0.15) is 17.9 Å². The van der Waals surface area contributed by atoms with Crippen LogP contribution in [0.4, 0.5) is 14.0 Å². The SMILES string of the molecule is CC(C)OC(=O)OCOP(=O)(OCOC(=O)OC(C)C)OC[C@@]1(CF)O[C@@H](n2ccc(=O)[nH]c2=O)[C@](C)(O)[C@@H]1C. The number of aromatic nitrogens is 2. The number of ether oxygens (including phenoxy) is 5. The highest BCUT2D eigenvalue weighted by molar-refractivity contribution is 7.48. The van der Waals surface area contributed by atoms with Gasteiger partial charge in [-0.25, -0.2) is 32.4 Å². The lowest BCUT2D eigenvalue weighted by Crippen LogP contribution is -2.47. The van der Waals surface area contributed by atoms with E-state index in [4.69, 9.17) is 27.8 Å². The molecule has 0 spiro atoms. The van der Waals surface area contributed by atoms with E-state index in [0.29, 0.717) is 0 Å². The molecule has 1 aromatic rings. The number of hydrogen-bond acceptors (Lipinski definition) is 14. The fraction of sp³-hybridized carbons (Fsp3) is 0.727. The Morgan fingerprint density at radius 2 is 1.62 bits per heavy atom. The van der Waals surface area contributed by atoms with Crippen molar-refractivity contribution in [2.45, 2.75) is 71.2 Å². The molecule has 16 nitrogen and oxygen atoms in total. The van der Waals surface area contributed by atoms with Gasteiger partial charge in [0.25, 0.3) is 5.56 Å². The monoisotopic (exact) mass is 600 g/mol. The van der Waals surface area contributed by atoms with E-state index in [1.54, 1.807) is 27.7 Å². The predicted molar refractivity (Wildman–Crippen MR) is 131 cm³/mol. The summed E-state index contributed by atoms with van der Waals surface area (Å²) in [5.41, 5.74) is -5.58. The molecule has 1 fully saturated rings. The maximum absolute atomic E-state index is 14.5. The van der Waals surface area contributed by atoms with Crippen molar-refractivity contribution in [3.63, 3.8) is 0 Å². The lowest BCUT2D eigenvalue weighted by molar-refractivity contribution is -0.136. The van der Waals surface area contributed by atoms with E-state index >= 15 is 0 Å². The third kappa shape index (κ3) is 8.59. The topological polar surface area (TPSA) is 200 Å². The summed E-state index contributed by atoms with van der Waals surface area (Å²) in [6, 6.07) is 1.00. The Morgan fingerprint density at radius 3 is 2.08 bits per heavy atom. The molecule has 0 bridgehead atoms.